The van der Waals surface area contributed by atoms with E-state index in [1.807, 2.05) is 0 Å². The first-order valence-corrected chi connectivity index (χ1v) is 7.26. The number of aliphatic hydroxyl groups is 1. The van der Waals surface area contributed by atoms with Crippen molar-refractivity contribution < 1.29 is 18.3 Å². The lowest BCUT2D eigenvalue weighted by atomic mass is 10.2. The molecule has 0 saturated heterocycles. The van der Waals surface area contributed by atoms with Gasteiger partial charge in [-0.05, 0) is 18.2 Å². The minimum atomic E-state index is -3.77. The fraction of sp³-hybridized carbons (Fsp3) is 0.308. The zero-order chi connectivity index (χ0) is 15.2. The van der Waals surface area contributed by atoms with Crippen LogP contribution in [0, 0.1) is 11.8 Å². The van der Waals surface area contributed by atoms with Crippen LogP contribution in [0.1, 0.15) is 12.0 Å². The van der Waals surface area contributed by atoms with Crippen LogP contribution in [0.4, 0.5) is 0 Å². The molecular formula is C13H16N2O4S. The molecule has 0 aliphatic carbocycles. The number of nitrogens with zero attached hydrogens (tertiary/aromatic N) is 1. The van der Waals surface area contributed by atoms with Crippen LogP contribution < -0.4 is 5.73 Å². The highest BCUT2D eigenvalue weighted by atomic mass is 32.2. The van der Waals surface area contributed by atoms with Crippen molar-refractivity contribution in [1.82, 2.24) is 4.31 Å². The van der Waals surface area contributed by atoms with Gasteiger partial charge in [-0.15, -0.1) is 0 Å². The van der Waals surface area contributed by atoms with Crippen LogP contribution >= 0.6 is 0 Å². The van der Waals surface area contributed by atoms with E-state index in [2.05, 4.69) is 11.8 Å². The number of aliphatic hydroxyl groups excluding tert-OH is 1. The van der Waals surface area contributed by atoms with Gasteiger partial charge < -0.3 is 10.8 Å². The Morgan fingerprint density at radius 1 is 1.45 bits per heavy atom. The van der Waals surface area contributed by atoms with E-state index in [0.717, 1.165) is 4.31 Å². The van der Waals surface area contributed by atoms with E-state index in [-0.39, 0.29) is 18.0 Å². The van der Waals surface area contributed by atoms with Crippen LogP contribution in [0.25, 0.3) is 0 Å². The Bertz CT molecular complexity index is 644. The third-order valence-corrected chi connectivity index (χ3v) is 4.19. The predicted octanol–water partition coefficient (Wildman–Crippen LogP) is -0.474. The number of rotatable bonds is 5. The topological polar surface area (TPSA) is 101 Å². The van der Waals surface area contributed by atoms with E-state index in [9.17, 15) is 13.2 Å². The van der Waals surface area contributed by atoms with Crippen molar-refractivity contribution >= 4 is 15.9 Å². The number of amides is 1. The molecule has 3 N–H and O–H groups in total. The molecule has 1 aromatic rings. The fourth-order valence-electron chi connectivity index (χ4n) is 1.44. The second kappa shape index (κ2) is 7.05. The molecule has 1 aromatic carbocycles. The second-order valence-corrected chi connectivity index (χ2v) is 6.08. The highest BCUT2D eigenvalue weighted by Crippen LogP contribution is 2.15. The van der Waals surface area contributed by atoms with E-state index in [4.69, 9.17) is 10.8 Å². The van der Waals surface area contributed by atoms with Crippen molar-refractivity contribution in [3.05, 3.63) is 29.8 Å². The Hall–Kier alpha value is -1.88. The minimum Gasteiger partial charge on any atom is -0.395 e. The summed E-state index contributed by atoms with van der Waals surface area (Å²) in [5.74, 6) is 4.74. The largest absolute Gasteiger partial charge is 0.395 e. The van der Waals surface area contributed by atoms with Gasteiger partial charge in [0.1, 0.15) is 0 Å². The molecule has 0 aliphatic rings. The van der Waals surface area contributed by atoms with E-state index in [1.165, 1.54) is 19.2 Å². The summed E-state index contributed by atoms with van der Waals surface area (Å²) >= 11 is 0. The molecule has 0 atom stereocenters. The van der Waals surface area contributed by atoms with Gasteiger partial charge in [-0.25, -0.2) is 8.42 Å². The maximum absolute atomic E-state index is 12.2. The number of primary amides is 1. The summed E-state index contributed by atoms with van der Waals surface area (Å²) < 4.78 is 25.2. The average Bonchev–Trinajstić information content (AvgIpc) is 2.38. The molecule has 7 heteroatoms. The van der Waals surface area contributed by atoms with Crippen molar-refractivity contribution in [2.24, 2.45) is 5.73 Å². The fourth-order valence-corrected chi connectivity index (χ4v) is 2.62. The van der Waals surface area contributed by atoms with E-state index >= 15 is 0 Å². The van der Waals surface area contributed by atoms with Gasteiger partial charge in [0, 0.05) is 19.0 Å². The first kappa shape index (κ1) is 16.2. The van der Waals surface area contributed by atoms with Crippen LogP contribution in [-0.4, -0.2) is 43.9 Å². The molecule has 1 rings (SSSR count). The van der Waals surface area contributed by atoms with Crippen LogP contribution in [0.15, 0.2) is 29.2 Å². The van der Waals surface area contributed by atoms with Crippen molar-refractivity contribution in [2.75, 3.05) is 20.2 Å². The van der Waals surface area contributed by atoms with Crippen LogP contribution in [0.3, 0.4) is 0 Å². The van der Waals surface area contributed by atoms with Crippen molar-refractivity contribution in [3.8, 4) is 11.8 Å². The zero-order valence-corrected chi connectivity index (χ0v) is 11.9. The summed E-state index contributed by atoms with van der Waals surface area (Å²) in [6, 6.07) is 6.06. The Kier molecular flexibility index (Phi) is 5.70. The molecule has 0 spiro atoms. The van der Waals surface area contributed by atoms with Gasteiger partial charge in [0.05, 0.1) is 18.0 Å². The lowest BCUT2D eigenvalue weighted by molar-refractivity contribution is -0.118. The first-order valence-electron chi connectivity index (χ1n) is 5.82. The number of sulfonamides is 1. The van der Waals surface area contributed by atoms with Gasteiger partial charge in [-0.3, -0.25) is 4.79 Å². The summed E-state index contributed by atoms with van der Waals surface area (Å²) in [5, 5.41) is 8.64. The lowest BCUT2D eigenvalue weighted by Gasteiger charge is -2.15. The third-order valence-electron chi connectivity index (χ3n) is 2.39. The van der Waals surface area contributed by atoms with Crippen LogP contribution in [0.5, 0.6) is 0 Å². The van der Waals surface area contributed by atoms with Crippen molar-refractivity contribution in [1.29, 1.82) is 0 Å². The molecule has 0 radical (unpaired) electrons. The lowest BCUT2D eigenvalue weighted by Crippen LogP contribution is -2.35. The summed E-state index contributed by atoms with van der Waals surface area (Å²) in [4.78, 5) is 10.8. The Morgan fingerprint density at radius 2 is 2.15 bits per heavy atom. The number of hydrogen-bond donors (Lipinski definition) is 2. The summed E-state index contributed by atoms with van der Waals surface area (Å²) in [6.07, 6.45) is 0.318. The highest BCUT2D eigenvalue weighted by molar-refractivity contribution is 7.89. The second-order valence-electron chi connectivity index (χ2n) is 4.03. The molecule has 0 fully saturated rings. The Labute approximate surface area is 118 Å². The normalized spacial score (nSPS) is 10.9. The Morgan fingerprint density at radius 3 is 2.75 bits per heavy atom. The average molecular weight is 296 g/mol. The third kappa shape index (κ3) is 4.35. The first-order chi connectivity index (χ1) is 9.37. The van der Waals surface area contributed by atoms with Crippen molar-refractivity contribution in [3.63, 3.8) is 0 Å². The van der Waals surface area contributed by atoms with Gasteiger partial charge in [0.2, 0.25) is 15.9 Å². The smallest absolute Gasteiger partial charge is 0.243 e. The number of carbonyl (C=O) groups is 1. The standard InChI is InChI=1S/C13H16N2O4S/c1-15(10-13(14)17)20(18,19)12-7-4-6-11(9-12)5-2-3-8-16/h4,6-7,9,16H,3,8,10H2,1H3,(H2,14,17). The van der Waals surface area contributed by atoms with Gasteiger partial charge in [0.25, 0.3) is 0 Å². The van der Waals surface area contributed by atoms with Crippen molar-refractivity contribution in [2.45, 2.75) is 11.3 Å². The summed E-state index contributed by atoms with van der Waals surface area (Å²) in [5.41, 5.74) is 5.51. The monoisotopic (exact) mass is 296 g/mol. The molecule has 20 heavy (non-hydrogen) atoms. The number of benzene rings is 1. The number of likely N-dealkylation sites (N-methyl/N-ethyl adjacent to an activating group) is 1. The molecule has 0 unspecified atom stereocenters. The SMILES string of the molecule is CN(CC(N)=O)S(=O)(=O)c1cccc(C#CCCO)c1. The summed E-state index contributed by atoms with van der Waals surface area (Å²) in [6.45, 7) is -0.435. The molecule has 1 amide bonds. The molecule has 0 heterocycles. The highest BCUT2D eigenvalue weighted by Gasteiger charge is 2.22. The summed E-state index contributed by atoms with van der Waals surface area (Å²) in [7, 11) is -2.49. The molecule has 0 bridgehead atoms. The molecule has 0 saturated carbocycles. The molecule has 108 valence electrons. The number of hydrogen-bond acceptors (Lipinski definition) is 4. The van der Waals surface area contributed by atoms with Crippen LogP contribution in [-0.2, 0) is 14.8 Å². The van der Waals surface area contributed by atoms with E-state index < -0.39 is 15.9 Å². The zero-order valence-electron chi connectivity index (χ0n) is 11.0. The van der Waals surface area contributed by atoms with E-state index in [1.54, 1.807) is 12.1 Å². The molecule has 0 aromatic heterocycles. The van der Waals surface area contributed by atoms with Crippen LogP contribution in [0.2, 0.25) is 0 Å². The van der Waals surface area contributed by atoms with Gasteiger partial charge >= 0.3 is 0 Å². The minimum absolute atomic E-state index is 0.0389. The maximum Gasteiger partial charge on any atom is 0.243 e. The van der Waals surface area contributed by atoms with E-state index in [0.29, 0.717) is 12.0 Å². The number of carbonyl (C=O) groups excluding carboxylic acids is 1. The number of nitrogens with two attached hydrogens (primary N) is 1. The molecule has 6 nitrogen and oxygen atoms in total. The Balaban J connectivity index is 3.05. The predicted molar refractivity (Wildman–Crippen MR) is 74.0 cm³/mol. The van der Waals surface area contributed by atoms with Gasteiger partial charge in [0.15, 0.2) is 0 Å². The maximum atomic E-state index is 12.2. The van der Waals surface area contributed by atoms with Gasteiger partial charge in [-0.1, -0.05) is 17.9 Å². The van der Waals surface area contributed by atoms with Gasteiger partial charge in [-0.2, -0.15) is 4.31 Å². The molecule has 0 aliphatic heterocycles. The molecular weight excluding hydrogens is 280 g/mol. The quantitative estimate of drug-likeness (QED) is 0.717.